The van der Waals surface area contributed by atoms with E-state index in [9.17, 15) is 23.1 Å². The Morgan fingerprint density at radius 1 is 1.06 bits per heavy atom. The van der Waals surface area contributed by atoms with Gasteiger partial charge >= 0.3 is 6.36 Å². The first kappa shape index (κ1) is 25.3. The van der Waals surface area contributed by atoms with Crippen molar-refractivity contribution >= 4 is 16.8 Å². The number of H-pyrrole nitrogens is 1. The van der Waals surface area contributed by atoms with Crippen LogP contribution in [0.4, 0.5) is 13.2 Å². The average Bonchev–Trinajstić information content (AvgIpc) is 3.22. The smallest absolute Gasteiger partial charge is 0.405 e. The third kappa shape index (κ3) is 5.54. The van der Waals surface area contributed by atoms with Crippen LogP contribution in [0.3, 0.4) is 0 Å². The number of alkyl halides is 3. The van der Waals surface area contributed by atoms with Crippen LogP contribution in [-0.2, 0) is 6.42 Å². The summed E-state index contributed by atoms with van der Waals surface area (Å²) in [5.74, 6) is -1.39. The van der Waals surface area contributed by atoms with Gasteiger partial charge in [0.05, 0.1) is 17.7 Å². The summed E-state index contributed by atoms with van der Waals surface area (Å²) < 4.78 is 43.6. The fraction of sp³-hybridized carbons (Fsp3) is 0.250. The van der Waals surface area contributed by atoms with Crippen LogP contribution in [0.25, 0.3) is 22.0 Å². The highest BCUT2D eigenvalue weighted by molar-refractivity contribution is 5.99. The maximum Gasteiger partial charge on any atom is 0.573 e. The lowest BCUT2D eigenvalue weighted by atomic mass is 9.92. The van der Waals surface area contributed by atoms with Crippen molar-refractivity contribution in [3.05, 3.63) is 89.1 Å². The summed E-state index contributed by atoms with van der Waals surface area (Å²) in [7, 11) is 0. The lowest BCUT2D eigenvalue weighted by molar-refractivity contribution is -0.274. The van der Waals surface area contributed by atoms with Crippen LogP contribution in [0, 0.1) is 13.8 Å². The summed E-state index contributed by atoms with van der Waals surface area (Å²) in [4.78, 5) is 16.5. The average molecular weight is 497 g/mol. The van der Waals surface area contributed by atoms with Crippen LogP contribution in [-0.4, -0.2) is 34.5 Å². The number of aryl methyl sites for hydroxylation is 2. The number of fused-ring (bicyclic) bond motifs is 1. The molecule has 0 saturated carbocycles. The SMILES string of the molecule is Cc1ccc(C)c(-c2ccc(OC(F)(F)F)c(C(=O)NC(C)(CO)Cc3c[nH]c4ccccc34)c2)c1. The first-order chi connectivity index (χ1) is 17.0. The first-order valence-corrected chi connectivity index (χ1v) is 11.4. The lowest BCUT2D eigenvalue weighted by Crippen LogP contribution is -2.50. The molecule has 4 rings (SSSR count). The third-order valence-electron chi connectivity index (χ3n) is 6.17. The summed E-state index contributed by atoms with van der Waals surface area (Å²) in [6.45, 7) is 5.02. The van der Waals surface area contributed by atoms with E-state index in [1.54, 1.807) is 13.1 Å². The van der Waals surface area contributed by atoms with Crippen molar-refractivity contribution in [2.24, 2.45) is 0 Å². The van der Waals surface area contributed by atoms with Crippen molar-refractivity contribution in [3.63, 3.8) is 0 Å². The van der Waals surface area contributed by atoms with Crippen molar-refractivity contribution in [2.45, 2.75) is 39.1 Å². The number of aliphatic hydroxyl groups is 1. The van der Waals surface area contributed by atoms with Gasteiger partial charge < -0.3 is 20.1 Å². The zero-order valence-electron chi connectivity index (χ0n) is 20.2. The molecule has 1 aromatic heterocycles. The van der Waals surface area contributed by atoms with Crippen molar-refractivity contribution in [2.75, 3.05) is 6.61 Å². The topological polar surface area (TPSA) is 74.3 Å². The van der Waals surface area contributed by atoms with E-state index >= 15 is 0 Å². The summed E-state index contributed by atoms with van der Waals surface area (Å²) >= 11 is 0. The van der Waals surface area contributed by atoms with Gasteiger partial charge in [-0.2, -0.15) is 0 Å². The molecule has 0 bridgehead atoms. The molecule has 36 heavy (non-hydrogen) atoms. The second kappa shape index (κ2) is 9.70. The summed E-state index contributed by atoms with van der Waals surface area (Å²) in [6.07, 6.45) is -2.92. The second-order valence-electron chi connectivity index (χ2n) is 9.29. The molecule has 0 spiro atoms. The number of ether oxygens (including phenoxy) is 1. The monoisotopic (exact) mass is 496 g/mol. The molecule has 1 amide bonds. The quantitative estimate of drug-likeness (QED) is 0.291. The fourth-order valence-corrected chi connectivity index (χ4v) is 4.31. The predicted octanol–water partition coefficient (Wildman–Crippen LogP) is 6.07. The number of rotatable bonds is 7. The van der Waals surface area contributed by atoms with Crippen LogP contribution >= 0.6 is 0 Å². The van der Waals surface area contributed by atoms with Crippen LogP contribution in [0.2, 0.25) is 0 Å². The molecule has 3 aromatic carbocycles. The number of carbonyl (C=O) groups is 1. The largest absolute Gasteiger partial charge is 0.573 e. The number of amides is 1. The molecular weight excluding hydrogens is 469 g/mol. The molecule has 188 valence electrons. The maximum absolute atomic E-state index is 13.4. The molecule has 5 nitrogen and oxygen atoms in total. The predicted molar refractivity (Wildman–Crippen MR) is 133 cm³/mol. The number of aliphatic hydroxyl groups excluding tert-OH is 1. The molecule has 0 aliphatic heterocycles. The Hall–Kier alpha value is -3.78. The molecule has 4 aromatic rings. The van der Waals surface area contributed by atoms with Gasteiger partial charge in [0.2, 0.25) is 0 Å². The molecule has 1 atom stereocenters. The summed E-state index contributed by atoms with van der Waals surface area (Å²) in [5, 5.41) is 13.8. The van der Waals surface area contributed by atoms with Crippen LogP contribution in [0.15, 0.2) is 66.9 Å². The lowest BCUT2D eigenvalue weighted by Gasteiger charge is -2.29. The summed E-state index contributed by atoms with van der Waals surface area (Å²) in [6, 6.07) is 17.4. The number of aromatic nitrogens is 1. The Bertz CT molecular complexity index is 1410. The van der Waals surface area contributed by atoms with E-state index in [1.807, 2.05) is 56.3 Å². The second-order valence-corrected chi connectivity index (χ2v) is 9.29. The number of nitrogens with one attached hydrogen (secondary N) is 2. The van der Waals surface area contributed by atoms with Gasteiger partial charge in [-0.1, -0.05) is 48.0 Å². The highest BCUT2D eigenvalue weighted by Crippen LogP contribution is 2.33. The van der Waals surface area contributed by atoms with Gasteiger partial charge in [0.25, 0.3) is 5.91 Å². The number of para-hydroxylation sites is 1. The highest BCUT2D eigenvalue weighted by atomic mass is 19.4. The zero-order chi connectivity index (χ0) is 26.1. The van der Waals surface area contributed by atoms with Gasteiger partial charge in [-0.3, -0.25) is 4.79 Å². The Morgan fingerprint density at radius 2 is 1.81 bits per heavy atom. The van der Waals surface area contributed by atoms with Gasteiger partial charge in [0.1, 0.15) is 5.75 Å². The van der Waals surface area contributed by atoms with Crippen molar-refractivity contribution < 1.29 is 27.8 Å². The van der Waals surface area contributed by atoms with Gasteiger partial charge in [0, 0.05) is 17.1 Å². The maximum atomic E-state index is 13.4. The molecule has 0 aliphatic carbocycles. The van der Waals surface area contributed by atoms with Gasteiger partial charge in [0.15, 0.2) is 0 Å². The normalized spacial score (nSPS) is 13.4. The van der Waals surface area contributed by atoms with Crippen LogP contribution < -0.4 is 10.1 Å². The van der Waals surface area contributed by atoms with E-state index in [0.717, 1.165) is 39.2 Å². The third-order valence-corrected chi connectivity index (χ3v) is 6.17. The van der Waals surface area contributed by atoms with Crippen LogP contribution in [0.1, 0.15) is 34.0 Å². The Balaban J connectivity index is 1.70. The molecule has 0 fully saturated rings. The number of benzene rings is 3. The number of hydrogen-bond donors (Lipinski definition) is 3. The molecule has 0 saturated heterocycles. The Kier molecular flexibility index (Phi) is 6.82. The van der Waals surface area contributed by atoms with E-state index in [0.29, 0.717) is 5.56 Å². The number of halogens is 3. The molecule has 0 radical (unpaired) electrons. The minimum Gasteiger partial charge on any atom is -0.405 e. The molecule has 0 aliphatic rings. The van der Waals surface area contributed by atoms with Crippen molar-refractivity contribution in [1.82, 2.24) is 10.3 Å². The summed E-state index contributed by atoms with van der Waals surface area (Å²) in [5.41, 5.74) is 3.61. The van der Waals surface area contributed by atoms with Gasteiger partial charge in [-0.25, -0.2) is 0 Å². The molecular formula is C28H27F3N2O3. The molecule has 1 heterocycles. The minimum absolute atomic E-state index is 0.255. The molecule has 1 unspecified atom stereocenters. The Morgan fingerprint density at radius 3 is 2.53 bits per heavy atom. The van der Waals surface area contributed by atoms with E-state index < -0.39 is 30.2 Å². The highest BCUT2D eigenvalue weighted by Gasteiger charge is 2.34. The van der Waals surface area contributed by atoms with E-state index in [4.69, 9.17) is 0 Å². The zero-order valence-corrected chi connectivity index (χ0v) is 20.2. The van der Waals surface area contributed by atoms with E-state index in [2.05, 4.69) is 15.0 Å². The van der Waals surface area contributed by atoms with E-state index in [1.165, 1.54) is 12.1 Å². The molecule has 3 N–H and O–H groups in total. The van der Waals surface area contributed by atoms with Gasteiger partial charge in [-0.05, 0) is 67.6 Å². The number of carbonyl (C=O) groups excluding carboxylic acids is 1. The standard InChI is InChI=1S/C28H27F3N2O3/c1-17-8-9-18(2)22(12-17)19-10-11-25(36-28(29,30)31)23(13-19)26(35)33-27(3,16-34)14-20-15-32-24-7-5-4-6-21(20)24/h4-13,15,32,34H,14,16H2,1-3H3,(H,33,35). The van der Waals surface area contributed by atoms with Gasteiger partial charge in [-0.15, -0.1) is 13.2 Å². The van der Waals surface area contributed by atoms with Crippen LogP contribution in [0.5, 0.6) is 5.75 Å². The first-order valence-electron chi connectivity index (χ1n) is 11.4. The molecule has 8 heteroatoms. The number of aromatic amines is 1. The number of hydrogen-bond acceptors (Lipinski definition) is 3. The van der Waals surface area contributed by atoms with E-state index in [-0.39, 0.29) is 12.0 Å². The minimum atomic E-state index is -4.97. The van der Waals surface area contributed by atoms with Crippen molar-refractivity contribution in [1.29, 1.82) is 0 Å². The Labute approximate surface area is 206 Å². The van der Waals surface area contributed by atoms with Crippen molar-refractivity contribution in [3.8, 4) is 16.9 Å². The fourth-order valence-electron chi connectivity index (χ4n) is 4.31.